The van der Waals surface area contributed by atoms with E-state index in [2.05, 4.69) is 49.6 Å². The summed E-state index contributed by atoms with van der Waals surface area (Å²) in [5.74, 6) is 0. The van der Waals surface area contributed by atoms with Gasteiger partial charge in [0.15, 0.2) is 0 Å². The summed E-state index contributed by atoms with van der Waals surface area (Å²) in [6.07, 6.45) is 0. The van der Waals surface area contributed by atoms with E-state index >= 15 is 0 Å². The first-order valence-electron chi connectivity index (χ1n) is 3.88. The molecule has 0 N–H and O–H groups in total. The number of nitrogens with zero attached hydrogens (tertiary/aromatic N) is 3. The second-order valence-electron chi connectivity index (χ2n) is 3.38. The van der Waals surface area contributed by atoms with Crippen molar-refractivity contribution < 1.29 is 0 Å². The van der Waals surface area contributed by atoms with Crippen LogP contribution in [0, 0.1) is 0 Å². The summed E-state index contributed by atoms with van der Waals surface area (Å²) in [4.78, 5) is 0. The Morgan fingerprint density at radius 3 is 2.17 bits per heavy atom. The molecule has 72 valence electrons. The van der Waals surface area contributed by atoms with Gasteiger partial charge in [0.1, 0.15) is 0 Å². The SMILES string of the molecule is CN1P(C)N=P(C)(C)N(C)P1C. The zero-order valence-corrected chi connectivity index (χ0v) is 11.4. The number of hydrogen-bond acceptors (Lipinski definition) is 3. The van der Waals surface area contributed by atoms with E-state index in [0.717, 1.165) is 0 Å². The smallest absolute Gasteiger partial charge is 0.0899 e. The van der Waals surface area contributed by atoms with Crippen LogP contribution >= 0.6 is 23.7 Å². The molecular formula is C6H18N3P3. The summed E-state index contributed by atoms with van der Waals surface area (Å²) in [5, 5.41) is 0. The summed E-state index contributed by atoms with van der Waals surface area (Å²) in [7, 11) is 3.00. The fourth-order valence-electron chi connectivity index (χ4n) is 1.12. The molecule has 0 bridgehead atoms. The van der Waals surface area contributed by atoms with Crippen LogP contribution in [-0.4, -0.2) is 49.6 Å². The van der Waals surface area contributed by atoms with Gasteiger partial charge in [-0.25, -0.2) is 13.4 Å². The van der Waals surface area contributed by atoms with Gasteiger partial charge in [0.05, 0.1) is 8.22 Å². The van der Waals surface area contributed by atoms with Crippen molar-refractivity contribution >= 4 is 23.7 Å². The molecule has 0 saturated heterocycles. The van der Waals surface area contributed by atoms with Gasteiger partial charge in [-0.2, -0.15) is 0 Å². The van der Waals surface area contributed by atoms with E-state index in [-0.39, 0.29) is 16.4 Å². The maximum Gasteiger partial charge on any atom is 0.0899 e. The third-order valence-electron chi connectivity index (χ3n) is 2.31. The number of rotatable bonds is 0. The van der Waals surface area contributed by atoms with Gasteiger partial charge in [0, 0.05) is 15.4 Å². The van der Waals surface area contributed by atoms with Crippen LogP contribution in [0.1, 0.15) is 0 Å². The van der Waals surface area contributed by atoms with Gasteiger partial charge >= 0.3 is 0 Å². The van der Waals surface area contributed by atoms with Crippen molar-refractivity contribution in [1.82, 2.24) is 8.88 Å². The minimum atomic E-state index is -1.10. The predicted octanol–water partition coefficient (Wildman–Crippen LogP) is 3.12. The van der Waals surface area contributed by atoms with Crippen LogP contribution in [0.15, 0.2) is 4.52 Å². The molecule has 0 aromatic rings. The Bertz CT molecular complexity index is 224. The van der Waals surface area contributed by atoms with Crippen LogP contribution in [0.5, 0.6) is 0 Å². The van der Waals surface area contributed by atoms with E-state index in [1.165, 1.54) is 0 Å². The maximum atomic E-state index is 4.87. The average molecular weight is 225 g/mol. The van der Waals surface area contributed by atoms with Crippen molar-refractivity contribution in [3.05, 3.63) is 0 Å². The average Bonchev–Trinajstić information content (AvgIpc) is 1.97. The molecular weight excluding hydrogens is 207 g/mol. The molecule has 0 aromatic heterocycles. The number of hydrogen-bond donors (Lipinski definition) is 0. The fraction of sp³-hybridized carbons (Fsp3) is 1.00. The standard InChI is InChI=1S/C6H18N3P3/c1-8-10(3)7-12(5,6)9(2)11(8)4/h1-6H3. The maximum absolute atomic E-state index is 4.87. The van der Waals surface area contributed by atoms with Gasteiger partial charge in [0.2, 0.25) is 0 Å². The lowest BCUT2D eigenvalue weighted by molar-refractivity contribution is 0.763. The Balaban J connectivity index is 3.01. The molecule has 1 rings (SSSR count). The summed E-state index contributed by atoms with van der Waals surface area (Å²) < 4.78 is 9.77. The Kier molecular flexibility index (Phi) is 3.36. The molecule has 1 aliphatic heterocycles. The third kappa shape index (κ3) is 1.91. The van der Waals surface area contributed by atoms with Crippen molar-refractivity contribution in [1.29, 1.82) is 0 Å². The first-order chi connectivity index (χ1) is 5.36. The minimum absolute atomic E-state index is 0.0903. The van der Waals surface area contributed by atoms with Gasteiger partial charge < -0.3 is 0 Å². The highest BCUT2D eigenvalue weighted by molar-refractivity contribution is 7.83. The third-order valence-corrected chi connectivity index (χ3v) is 12.7. The van der Waals surface area contributed by atoms with Crippen molar-refractivity contribution in [2.75, 3.05) is 40.8 Å². The molecule has 0 amide bonds. The van der Waals surface area contributed by atoms with E-state index in [9.17, 15) is 0 Å². The molecule has 2 unspecified atom stereocenters. The normalized spacial score (nSPS) is 37.8. The van der Waals surface area contributed by atoms with E-state index in [1.807, 2.05) is 0 Å². The van der Waals surface area contributed by atoms with Crippen LogP contribution in [0.3, 0.4) is 0 Å². The first-order valence-corrected chi connectivity index (χ1v) is 9.86. The molecule has 0 fully saturated rings. The lowest BCUT2D eigenvalue weighted by Crippen LogP contribution is -2.20. The molecule has 3 nitrogen and oxygen atoms in total. The minimum Gasteiger partial charge on any atom is -0.248 e. The summed E-state index contributed by atoms with van der Waals surface area (Å²) in [6, 6.07) is 0. The molecule has 1 aliphatic rings. The van der Waals surface area contributed by atoms with Crippen LogP contribution in [0.2, 0.25) is 0 Å². The molecule has 0 aromatic carbocycles. The lowest BCUT2D eigenvalue weighted by Gasteiger charge is -2.44. The fourth-order valence-corrected chi connectivity index (χ4v) is 10.5. The zero-order chi connectivity index (χ0) is 9.52. The van der Waals surface area contributed by atoms with Gasteiger partial charge in [-0.1, -0.05) is 0 Å². The highest BCUT2D eigenvalue weighted by atomic mass is 31.3. The van der Waals surface area contributed by atoms with Crippen molar-refractivity contribution in [2.45, 2.75) is 0 Å². The van der Waals surface area contributed by atoms with E-state index in [4.69, 9.17) is 4.52 Å². The molecule has 1 heterocycles. The molecule has 12 heavy (non-hydrogen) atoms. The first kappa shape index (κ1) is 11.1. The molecule has 6 heteroatoms. The van der Waals surface area contributed by atoms with Crippen LogP contribution < -0.4 is 0 Å². The van der Waals surface area contributed by atoms with E-state index in [1.54, 1.807) is 0 Å². The van der Waals surface area contributed by atoms with Gasteiger partial charge in [0.25, 0.3) is 0 Å². The Morgan fingerprint density at radius 1 is 1.17 bits per heavy atom. The van der Waals surface area contributed by atoms with Gasteiger partial charge in [-0.3, -0.25) is 0 Å². The largest absolute Gasteiger partial charge is 0.248 e. The molecule has 0 spiro atoms. The Hall–Kier alpha value is 1.01. The topological polar surface area (TPSA) is 18.8 Å². The lowest BCUT2D eigenvalue weighted by atomic mass is 11.6. The summed E-state index contributed by atoms with van der Waals surface area (Å²) in [5.41, 5.74) is 0. The van der Waals surface area contributed by atoms with Gasteiger partial charge in [-0.15, -0.1) is 0 Å². The quantitative estimate of drug-likeness (QED) is 0.590. The van der Waals surface area contributed by atoms with Crippen LogP contribution in [0.4, 0.5) is 0 Å². The Morgan fingerprint density at radius 2 is 1.67 bits per heavy atom. The van der Waals surface area contributed by atoms with Crippen molar-refractivity contribution in [3.63, 3.8) is 0 Å². The van der Waals surface area contributed by atoms with Crippen LogP contribution in [-0.2, 0) is 0 Å². The van der Waals surface area contributed by atoms with Gasteiger partial charge in [-0.05, 0) is 40.8 Å². The second kappa shape index (κ2) is 3.64. The van der Waals surface area contributed by atoms with Crippen LogP contribution in [0.25, 0.3) is 0 Å². The zero-order valence-electron chi connectivity index (χ0n) is 8.68. The Labute approximate surface area is 78.3 Å². The highest BCUT2D eigenvalue weighted by Crippen LogP contribution is 2.71. The summed E-state index contributed by atoms with van der Waals surface area (Å²) >= 11 is 0. The molecule has 2 atom stereocenters. The highest BCUT2D eigenvalue weighted by Gasteiger charge is 2.30. The second-order valence-corrected chi connectivity index (χ2v) is 11.8. The summed E-state index contributed by atoms with van der Waals surface area (Å²) in [6.45, 7) is 9.18. The van der Waals surface area contributed by atoms with E-state index in [0.29, 0.717) is 0 Å². The van der Waals surface area contributed by atoms with Crippen molar-refractivity contribution in [2.24, 2.45) is 4.52 Å². The molecule has 0 aliphatic carbocycles. The van der Waals surface area contributed by atoms with Crippen molar-refractivity contribution in [3.8, 4) is 0 Å². The van der Waals surface area contributed by atoms with E-state index < -0.39 is 7.21 Å². The monoisotopic (exact) mass is 225 g/mol. The molecule has 0 radical (unpaired) electrons. The molecule has 0 saturated carbocycles. The predicted molar refractivity (Wildman–Crippen MR) is 62.4 cm³/mol.